The molecule has 0 radical (unpaired) electrons. The Bertz CT molecular complexity index is 1350. The average molecular weight is 511 g/mol. The molecule has 1 aromatic carbocycles. The van der Waals surface area contributed by atoms with E-state index in [-0.39, 0.29) is 0 Å². The van der Waals surface area contributed by atoms with E-state index < -0.39 is 0 Å². The maximum Gasteiger partial charge on any atom is 0.128 e. The predicted octanol–water partition coefficient (Wildman–Crippen LogP) is 3.00. The molecular weight excluding hydrogens is 472 g/mol. The quantitative estimate of drug-likeness (QED) is 0.574. The molecule has 0 amide bonds. The molecule has 5 heterocycles. The summed E-state index contributed by atoms with van der Waals surface area (Å²) in [6, 6.07) is 16.4. The molecule has 0 aliphatic carbocycles. The highest BCUT2D eigenvalue weighted by molar-refractivity contribution is 5.95. The lowest BCUT2D eigenvalue weighted by molar-refractivity contribution is 0.0316. The molecule has 3 atom stereocenters. The molecule has 0 saturated carbocycles. The van der Waals surface area contributed by atoms with Gasteiger partial charge in [-0.3, -0.25) is 14.8 Å². The van der Waals surface area contributed by atoms with Crippen molar-refractivity contribution in [1.29, 1.82) is 5.26 Å². The van der Waals surface area contributed by atoms with Gasteiger partial charge in [-0.1, -0.05) is 6.07 Å². The lowest BCUT2D eigenvalue weighted by atomic mass is 10.0. The maximum absolute atomic E-state index is 9.57. The zero-order valence-corrected chi connectivity index (χ0v) is 22.8. The summed E-state index contributed by atoms with van der Waals surface area (Å²) >= 11 is 0. The van der Waals surface area contributed by atoms with Crippen LogP contribution in [0.3, 0.4) is 0 Å². The number of fused-ring (bicyclic) bond motifs is 2. The number of nitrogens with one attached hydrogen (secondary N) is 1. The first kappa shape index (κ1) is 25.1. The predicted molar refractivity (Wildman–Crippen MR) is 153 cm³/mol. The second-order valence-electron chi connectivity index (χ2n) is 11.2. The number of hydrogen-bond donors (Lipinski definition) is 1. The molecule has 3 aliphatic rings. The summed E-state index contributed by atoms with van der Waals surface area (Å²) < 4.78 is 0. The number of aryl methyl sites for hydroxylation is 1. The van der Waals surface area contributed by atoms with E-state index in [0.29, 0.717) is 23.7 Å². The van der Waals surface area contributed by atoms with Crippen molar-refractivity contribution in [1.82, 2.24) is 25.1 Å². The summed E-state index contributed by atoms with van der Waals surface area (Å²) in [4.78, 5) is 19.7. The Morgan fingerprint density at radius 1 is 1.00 bits per heavy atom. The summed E-state index contributed by atoms with van der Waals surface area (Å²) in [6.07, 6.45) is 1.78. The zero-order valence-electron chi connectivity index (χ0n) is 22.8. The lowest BCUT2D eigenvalue weighted by Crippen LogP contribution is -2.65. The van der Waals surface area contributed by atoms with Crippen molar-refractivity contribution in [2.45, 2.75) is 45.4 Å². The Hall–Kier alpha value is -3.25. The molecule has 38 heavy (non-hydrogen) atoms. The third-order valence-electron chi connectivity index (χ3n) is 8.57. The van der Waals surface area contributed by atoms with Crippen LogP contribution in [0.4, 0.5) is 11.5 Å². The number of pyridine rings is 2. The molecule has 1 N–H and O–H groups in total. The molecule has 3 aromatic rings. The van der Waals surface area contributed by atoms with Crippen LogP contribution in [-0.2, 0) is 6.54 Å². The van der Waals surface area contributed by atoms with Gasteiger partial charge in [0.1, 0.15) is 11.9 Å². The van der Waals surface area contributed by atoms with Crippen molar-refractivity contribution >= 4 is 22.4 Å². The van der Waals surface area contributed by atoms with Crippen molar-refractivity contribution in [3.05, 3.63) is 59.4 Å². The van der Waals surface area contributed by atoms with E-state index in [9.17, 15) is 5.26 Å². The van der Waals surface area contributed by atoms with Crippen molar-refractivity contribution in [2.24, 2.45) is 0 Å². The highest BCUT2D eigenvalue weighted by atomic mass is 15.4. The monoisotopic (exact) mass is 510 g/mol. The van der Waals surface area contributed by atoms with Gasteiger partial charge < -0.3 is 15.1 Å². The van der Waals surface area contributed by atoms with E-state index in [1.54, 1.807) is 6.20 Å². The van der Waals surface area contributed by atoms with E-state index in [0.717, 1.165) is 81.3 Å². The smallest absolute Gasteiger partial charge is 0.128 e. The maximum atomic E-state index is 9.57. The fourth-order valence-corrected chi connectivity index (χ4v) is 6.59. The highest BCUT2D eigenvalue weighted by Gasteiger charge is 2.36. The number of aromatic nitrogens is 2. The number of anilines is 2. The SMILES string of the molecule is Cc1nc(N2CCNC(C)C2)ccc1CN1CCN2C(C)CN(c3ccc(C#N)c4ncccc34)CC2C1. The Morgan fingerprint density at radius 3 is 2.71 bits per heavy atom. The van der Waals surface area contributed by atoms with Gasteiger partial charge in [0.25, 0.3) is 0 Å². The van der Waals surface area contributed by atoms with Gasteiger partial charge in [-0.25, -0.2) is 4.98 Å². The Morgan fingerprint density at radius 2 is 1.89 bits per heavy atom. The van der Waals surface area contributed by atoms with Crippen molar-refractivity contribution < 1.29 is 0 Å². The largest absolute Gasteiger partial charge is 0.368 e. The standard InChI is InChI=1S/C30H38N8/c1-21-16-36(12-11-32-21)29-9-7-25(23(3)34-29)18-35-13-14-38-22(2)17-37(20-26(38)19-35)28-8-6-24(15-31)30-27(28)5-4-10-33-30/h4-10,21-22,26,32H,11-14,16-20H2,1-3H3. The molecule has 3 unspecified atom stereocenters. The van der Waals surface area contributed by atoms with E-state index in [4.69, 9.17) is 4.98 Å². The van der Waals surface area contributed by atoms with Crippen LogP contribution in [0.5, 0.6) is 0 Å². The highest BCUT2D eigenvalue weighted by Crippen LogP contribution is 2.32. The molecule has 0 spiro atoms. The minimum Gasteiger partial charge on any atom is -0.368 e. The number of benzene rings is 1. The third-order valence-corrected chi connectivity index (χ3v) is 8.57. The van der Waals surface area contributed by atoms with Gasteiger partial charge in [-0.15, -0.1) is 0 Å². The molecule has 3 fully saturated rings. The van der Waals surface area contributed by atoms with Crippen molar-refractivity contribution in [2.75, 3.05) is 62.2 Å². The van der Waals surface area contributed by atoms with Gasteiger partial charge in [-0.2, -0.15) is 5.26 Å². The molecule has 8 nitrogen and oxygen atoms in total. The van der Waals surface area contributed by atoms with Gasteiger partial charge in [0.15, 0.2) is 0 Å². The van der Waals surface area contributed by atoms with Crippen LogP contribution >= 0.6 is 0 Å². The van der Waals surface area contributed by atoms with Crippen LogP contribution in [0, 0.1) is 18.3 Å². The molecule has 3 aliphatic heterocycles. The Balaban J connectivity index is 1.17. The van der Waals surface area contributed by atoms with Crippen LogP contribution in [0.15, 0.2) is 42.6 Å². The molecular formula is C30H38N8. The fourth-order valence-electron chi connectivity index (χ4n) is 6.59. The van der Waals surface area contributed by atoms with Crippen LogP contribution in [0.25, 0.3) is 10.9 Å². The van der Waals surface area contributed by atoms with Gasteiger partial charge in [0.2, 0.25) is 0 Å². The zero-order chi connectivity index (χ0) is 26.2. The summed E-state index contributed by atoms with van der Waals surface area (Å²) in [5.41, 5.74) is 5.10. The van der Waals surface area contributed by atoms with Crippen molar-refractivity contribution in [3.8, 4) is 6.07 Å². The molecule has 0 bridgehead atoms. The Kier molecular flexibility index (Phi) is 6.91. The molecule has 2 aromatic heterocycles. The van der Waals surface area contributed by atoms with Crippen LogP contribution in [0.2, 0.25) is 0 Å². The van der Waals surface area contributed by atoms with E-state index in [1.165, 1.54) is 11.3 Å². The van der Waals surface area contributed by atoms with Gasteiger partial charge in [0.05, 0.1) is 11.1 Å². The summed E-state index contributed by atoms with van der Waals surface area (Å²) in [6.45, 7) is 15.9. The number of nitrogens with zero attached hydrogens (tertiary/aromatic N) is 7. The average Bonchev–Trinajstić information content (AvgIpc) is 2.93. The minimum absolute atomic E-state index is 0.463. The topological polar surface area (TPSA) is 74.6 Å². The summed E-state index contributed by atoms with van der Waals surface area (Å²) in [5.74, 6) is 1.10. The van der Waals surface area contributed by atoms with Crippen LogP contribution < -0.4 is 15.1 Å². The minimum atomic E-state index is 0.463. The first-order valence-corrected chi connectivity index (χ1v) is 14.0. The summed E-state index contributed by atoms with van der Waals surface area (Å²) in [7, 11) is 0. The second kappa shape index (κ2) is 10.5. The van der Waals surface area contributed by atoms with Crippen molar-refractivity contribution in [3.63, 3.8) is 0 Å². The van der Waals surface area contributed by atoms with E-state index in [2.05, 4.69) is 81.0 Å². The Labute approximate surface area is 225 Å². The normalized spacial score (nSPS) is 24.8. The van der Waals surface area contributed by atoms with E-state index in [1.807, 2.05) is 12.1 Å². The number of nitriles is 1. The van der Waals surface area contributed by atoms with Gasteiger partial charge >= 0.3 is 0 Å². The van der Waals surface area contributed by atoms with E-state index >= 15 is 0 Å². The first-order valence-electron chi connectivity index (χ1n) is 14.0. The first-order chi connectivity index (χ1) is 18.5. The lowest BCUT2D eigenvalue weighted by Gasteiger charge is -2.51. The molecule has 6 rings (SSSR count). The number of hydrogen-bond acceptors (Lipinski definition) is 8. The fraction of sp³-hybridized carbons (Fsp3) is 0.500. The molecule has 198 valence electrons. The van der Waals surface area contributed by atoms with Crippen LogP contribution in [0.1, 0.15) is 30.7 Å². The number of piperazine rings is 3. The third kappa shape index (κ3) is 4.82. The number of rotatable bonds is 4. The molecule has 3 saturated heterocycles. The molecule has 8 heteroatoms. The van der Waals surface area contributed by atoms with Gasteiger partial charge in [-0.05, 0) is 56.7 Å². The summed E-state index contributed by atoms with van der Waals surface area (Å²) in [5, 5.41) is 14.2. The van der Waals surface area contributed by atoms with Gasteiger partial charge in [0, 0.05) is 100.0 Å². The van der Waals surface area contributed by atoms with Crippen LogP contribution in [-0.4, -0.2) is 90.3 Å². The second-order valence-corrected chi connectivity index (χ2v) is 11.2.